The number of carbonyl (C=O) groups excluding carboxylic acids is 2. The van der Waals surface area contributed by atoms with Crippen molar-refractivity contribution in [3.05, 3.63) is 65.2 Å². The van der Waals surface area contributed by atoms with E-state index < -0.39 is 0 Å². The summed E-state index contributed by atoms with van der Waals surface area (Å²) in [6.45, 7) is 6.82. The molecule has 0 spiro atoms. The second kappa shape index (κ2) is 9.91. The van der Waals surface area contributed by atoms with E-state index in [-0.39, 0.29) is 11.2 Å². The van der Waals surface area contributed by atoms with Crippen molar-refractivity contribution >= 4 is 11.6 Å². The molecule has 0 N–H and O–H groups in total. The number of benzene rings is 2. The minimum atomic E-state index is -0.144. The van der Waals surface area contributed by atoms with Gasteiger partial charge in [0.25, 0.3) is 0 Å². The number of ketones is 2. The molecule has 0 amide bonds. The van der Waals surface area contributed by atoms with Gasteiger partial charge in [-0.1, -0.05) is 56.7 Å². The van der Waals surface area contributed by atoms with Crippen molar-refractivity contribution in [1.82, 2.24) is 0 Å². The molecule has 2 unspecified atom stereocenters. The molecule has 2 aromatic rings. The van der Waals surface area contributed by atoms with Crippen LogP contribution in [0, 0.1) is 23.2 Å². The summed E-state index contributed by atoms with van der Waals surface area (Å²) in [4.78, 5) is 25.1. The molecule has 35 heavy (non-hydrogen) atoms. The molecule has 0 aromatic heterocycles. The molecule has 2 saturated carbocycles. The summed E-state index contributed by atoms with van der Waals surface area (Å²) in [5.41, 5.74) is 3.89. The number of hydrogen-bond donors (Lipinski definition) is 0. The SMILES string of the molecule is CCCC1C(CCC(C)=O)c2cc(OCc3ccccc3)ccc2[C@H]2CC[C@]3(C)C(=O)CC[C@H]3[C@H]12. The Bertz CT molecular complexity index is 1070. The van der Waals surface area contributed by atoms with Gasteiger partial charge in [-0.25, -0.2) is 0 Å². The Labute approximate surface area is 210 Å². The predicted molar refractivity (Wildman–Crippen MR) is 140 cm³/mol. The summed E-state index contributed by atoms with van der Waals surface area (Å²) >= 11 is 0. The van der Waals surface area contributed by atoms with E-state index in [2.05, 4.69) is 44.2 Å². The molecule has 186 valence electrons. The topological polar surface area (TPSA) is 43.4 Å². The third kappa shape index (κ3) is 4.47. The van der Waals surface area contributed by atoms with E-state index in [1.54, 1.807) is 6.92 Å². The lowest BCUT2D eigenvalue weighted by Crippen LogP contribution is -2.47. The van der Waals surface area contributed by atoms with Crippen LogP contribution in [0.3, 0.4) is 0 Å². The van der Waals surface area contributed by atoms with Crippen LogP contribution in [0.4, 0.5) is 0 Å². The molecule has 3 aliphatic carbocycles. The molecule has 0 bridgehead atoms. The molecule has 0 radical (unpaired) electrons. The van der Waals surface area contributed by atoms with E-state index in [1.165, 1.54) is 23.1 Å². The van der Waals surface area contributed by atoms with E-state index >= 15 is 0 Å². The number of carbonyl (C=O) groups is 2. The fourth-order valence-corrected chi connectivity index (χ4v) is 7.92. The van der Waals surface area contributed by atoms with E-state index in [4.69, 9.17) is 4.74 Å². The minimum absolute atomic E-state index is 0.144. The third-order valence-corrected chi connectivity index (χ3v) is 9.59. The van der Waals surface area contributed by atoms with Crippen molar-refractivity contribution in [1.29, 1.82) is 0 Å². The second-order valence-electron chi connectivity index (χ2n) is 11.6. The van der Waals surface area contributed by atoms with Gasteiger partial charge in [0.05, 0.1) is 0 Å². The fourth-order valence-electron chi connectivity index (χ4n) is 7.92. The fraction of sp³-hybridized carbons (Fsp3) is 0.562. The van der Waals surface area contributed by atoms with Gasteiger partial charge in [-0.2, -0.15) is 0 Å². The van der Waals surface area contributed by atoms with Crippen LogP contribution in [0.5, 0.6) is 5.75 Å². The highest BCUT2D eigenvalue weighted by molar-refractivity contribution is 5.87. The third-order valence-electron chi connectivity index (χ3n) is 9.59. The average molecular weight is 473 g/mol. The zero-order valence-electron chi connectivity index (χ0n) is 21.6. The van der Waals surface area contributed by atoms with Crippen LogP contribution in [-0.2, 0) is 16.2 Å². The first kappa shape index (κ1) is 24.3. The summed E-state index contributed by atoms with van der Waals surface area (Å²) < 4.78 is 6.25. The molecule has 3 nitrogen and oxygen atoms in total. The summed E-state index contributed by atoms with van der Waals surface area (Å²) in [6, 6.07) is 17.1. The van der Waals surface area contributed by atoms with Crippen LogP contribution in [0.2, 0.25) is 0 Å². The number of ether oxygens (including phenoxy) is 1. The maximum atomic E-state index is 13.0. The zero-order chi connectivity index (χ0) is 24.6. The van der Waals surface area contributed by atoms with Crippen molar-refractivity contribution in [2.24, 2.45) is 23.2 Å². The van der Waals surface area contributed by atoms with Crippen molar-refractivity contribution < 1.29 is 14.3 Å². The maximum Gasteiger partial charge on any atom is 0.139 e. The molecule has 3 aliphatic rings. The number of fused-ring (bicyclic) bond motifs is 5. The first-order valence-electron chi connectivity index (χ1n) is 13.8. The molecular weight excluding hydrogens is 432 g/mol. The molecule has 3 heteroatoms. The lowest BCUT2D eigenvalue weighted by Gasteiger charge is -2.54. The Morgan fingerprint density at radius 3 is 2.60 bits per heavy atom. The highest BCUT2D eigenvalue weighted by atomic mass is 16.5. The Morgan fingerprint density at radius 1 is 1.06 bits per heavy atom. The monoisotopic (exact) mass is 472 g/mol. The maximum absolute atomic E-state index is 13.0. The highest BCUT2D eigenvalue weighted by Crippen LogP contribution is 2.64. The van der Waals surface area contributed by atoms with Gasteiger partial charge in [-0.05, 0) is 97.4 Å². The van der Waals surface area contributed by atoms with Crippen LogP contribution >= 0.6 is 0 Å². The van der Waals surface area contributed by atoms with Crippen LogP contribution in [0.25, 0.3) is 0 Å². The highest BCUT2D eigenvalue weighted by Gasteiger charge is 2.58. The normalized spacial score (nSPS) is 31.4. The number of rotatable bonds is 8. The minimum Gasteiger partial charge on any atom is -0.489 e. The number of hydrogen-bond acceptors (Lipinski definition) is 3. The van der Waals surface area contributed by atoms with Gasteiger partial charge in [0, 0.05) is 18.3 Å². The molecule has 0 aliphatic heterocycles. The van der Waals surface area contributed by atoms with E-state index in [1.807, 2.05) is 18.2 Å². The van der Waals surface area contributed by atoms with Gasteiger partial charge in [0.2, 0.25) is 0 Å². The summed E-state index contributed by atoms with van der Waals surface area (Å²) in [5, 5.41) is 0. The van der Waals surface area contributed by atoms with E-state index in [0.717, 1.165) is 44.3 Å². The zero-order valence-corrected chi connectivity index (χ0v) is 21.6. The molecule has 0 heterocycles. The molecule has 6 atom stereocenters. The van der Waals surface area contributed by atoms with E-state index in [9.17, 15) is 9.59 Å². The predicted octanol–water partition coefficient (Wildman–Crippen LogP) is 7.63. The average Bonchev–Trinajstić information content (AvgIpc) is 3.16. The molecule has 0 saturated heterocycles. The largest absolute Gasteiger partial charge is 0.489 e. The molecule has 2 aromatic carbocycles. The van der Waals surface area contributed by atoms with Crippen molar-refractivity contribution in [2.45, 2.75) is 90.6 Å². The lowest BCUT2D eigenvalue weighted by molar-refractivity contribution is -0.130. The van der Waals surface area contributed by atoms with Gasteiger partial charge in [0.15, 0.2) is 0 Å². The van der Waals surface area contributed by atoms with Gasteiger partial charge in [-0.15, -0.1) is 0 Å². The lowest BCUT2D eigenvalue weighted by atomic mass is 9.49. The van der Waals surface area contributed by atoms with Gasteiger partial charge >= 0.3 is 0 Å². The van der Waals surface area contributed by atoms with Crippen LogP contribution in [-0.4, -0.2) is 11.6 Å². The first-order chi connectivity index (χ1) is 16.9. The summed E-state index contributed by atoms with van der Waals surface area (Å²) in [7, 11) is 0. The van der Waals surface area contributed by atoms with Crippen LogP contribution < -0.4 is 4.74 Å². The van der Waals surface area contributed by atoms with Gasteiger partial charge in [-0.3, -0.25) is 4.79 Å². The van der Waals surface area contributed by atoms with Gasteiger partial charge < -0.3 is 9.53 Å². The summed E-state index contributed by atoms with van der Waals surface area (Å²) in [6.07, 6.45) is 7.73. The first-order valence-corrected chi connectivity index (χ1v) is 13.8. The number of Topliss-reactive ketones (excluding diaryl/α,β-unsaturated/α-hetero) is 2. The second-order valence-corrected chi connectivity index (χ2v) is 11.6. The quantitative estimate of drug-likeness (QED) is 0.397. The van der Waals surface area contributed by atoms with Gasteiger partial charge in [0.1, 0.15) is 23.9 Å². The van der Waals surface area contributed by atoms with Crippen molar-refractivity contribution in [3.63, 3.8) is 0 Å². The Hall–Kier alpha value is -2.42. The Balaban J connectivity index is 1.52. The Kier molecular flexibility index (Phi) is 6.88. The standard InChI is InChI=1S/C32H40O3/c1-4-8-26-24(13-11-21(2)33)28-19-23(35-20-22-9-6-5-7-10-22)12-14-25(28)27-17-18-32(3)29(31(26)27)15-16-30(32)34/h5-7,9-10,12,14,19,24,26-27,29,31H,4,8,11,13,15-18,20H2,1-3H3/t24?,26?,27-,29+,31-,32+/m1/s1. The van der Waals surface area contributed by atoms with Crippen molar-refractivity contribution in [3.8, 4) is 5.75 Å². The molecule has 2 fully saturated rings. The molecule has 5 rings (SSSR count). The van der Waals surface area contributed by atoms with Crippen LogP contribution in [0.15, 0.2) is 48.5 Å². The summed E-state index contributed by atoms with van der Waals surface area (Å²) in [5.74, 6) is 4.10. The van der Waals surface area contributed by atoms with Crippen molar-refractivity contribution in [2.75, 3.05) is 0 Å². The van der Waals surface area contributed by atoms with Crippen LogP contribution in [0.1, 0.15) is 101 Å². The Morgan fingerprint density at radius 2 is 1.86 bits per heavy atom. The molecular formula is C32H40O3. The van der Waals surface area contributed by atoms with E-state index in [0.29, 0.717) is 48.4 Å². The smallest absolute Gasteiger partial charge is 0.139 e.